The van der Waals surface area contributed by atoms with E-state index in [9.17, 15) is 25.0 Å². The molecule has 0 radical (unpaired) electrons. The summed E-state index contributed by atoms with van der Waals surface area (Å²) in [6.07, 6.45) is 0. The van der Waals surface area contributed by atoms with Crippen molar-refractivity contribution in [1.82, 2.24) is 0 Å². The van der Waals surface area contributed by atoms with Gasteiger partial charge in [-0.05, 0) is 30.7 Å². The van der Waals surface area contributed by atoms with Gasteiger partial charge in [0.05, 0.1) is 15.9 Å². The molecule has 0 saturated heterocycles. The molecule has 3 aromatic rings. The van der Waals surface area contributed by atoms with Crippen LogP contribution in [0.1, 0.15) is 5.56 Å². The van der Waals surface area contributed by atoms with Crippen LogP contribution in [0.4, 0.5) is 11.4 Å². The topological polar surface area (TPSA) is 126 Å². The summed E-state index contributed by atoms with van der Waals surface area (Å²) in [5.41, 5.74) is -0.492. The van der Waals surface area contributed by atoms with Crippen LogP contribution < -0.4 is 10.4 Å². The van der Waals surface area contributed by atoms with Crippen molar-refractivity contribution in [3.8, 4) is 11.5 Å². The molecule has 0 aliphatic rings. The molecule has 25 heavy (non-hydrogen) atoms. The molecule has 0 aliphatic heterocycles. The molecule has 1 heterocycles. The van der Waals surface area contributed by atoms with E-state index in [2.05, 4.69) is 0 Å². The fraction of sp³-hybridized carbons (Fsp3) is 0.0625. The summed E-state index contributed by atoms with van der Waals surface area (Å²) in [6.45, 7) is 1.75. The summed E-state index contributed by atoms with van der Waals surface area (Å²) in [7, 11) is 0. The maximum atomic E-state index is 11.5. The van der Waals surface area contributed by atoms with Crippen LogP contribution >= 0.6 is 0 Å². The highest BCUT2D eigenvalue weighted by atomic mass is 16.6. The van der Waals surface area contributed by atoms with Crippen molar-refractivity contribution in [2.24, 2.45) is 0 Å². The van der Waals surface area contributed by atoms with Crippen molar-refractivity contribution in [2.45, 2.75) is 6.92 Å². The summed E-state index contributed by atoms with van der Waals surface area (Å²) in [5, 5.41) is 22.6. The number of hydrogen-bond donors (Lipinski definition) is 0. The first-order valence-corrected chi connectivity index (χ1v) is 7.00. The van der Waals surface area contributed by atoms with E-state index < -0.39 is 26.8 Å². The molecule has 0 N–H and O–H groups in total. The lowest BCUT2D eigenvalue weighted by atomic mass is 10.1. The molecule has 3 rings (SSSR count). The van der Waals surface area contributed by atoms with Gasteiger partial charge in [0.2, 0.25) is 5.75 Å². The Hall–Kier alpha value is -3.75. The molecule has 0 atom stereocenters. The fourth-order valence-corrected chi connectivity index (χ4v) is 2.34. The van der Waals surface area contributed by atoms with E-state index in [0.29, 0.717) is 5.39 Å². The SMILES string of the molecule is Cc1cc(=O)oc2cc(Oc3ccc([N+](=O)[O-])cc3[N+](=O)[O-])ccc12. The summed E-state index contributed by atoms with van der Waals surface area (Å²) in [5.74, 6) is 0.0307. The molecule has 0 aliphatic carbocycles. The molecule has 9 nitrogen and oxygen atoms in total. The third-order valence-electron chi connectivity index (χ3n) is 3.50. The van der Waals surface area contributed by atoms with Crippen molar-refractivity contribution in [3.05, 3.63) is 78.7 Å². The highest BCUT2D eigenvalue weighted by Gasteiger charge is 2.21. The Morgan fingerprint density at radius 3 is 2.44 bits per heavy atom. The lowest BCUT2D eigenvalue weighted by molar-refractivity contribution is -0.394. The molecule has 126 valence electrons. The minimum absolute atomic E-state index is 0.162. The van der Waals surface area contributed by atoms with Crippen LogP contribution in [0.5, 0.6) is 11.5 Å². The minimum Gasteiger partial charge on any atom is -0.450 e. The second-order valence-electron chi connectivity index (χ2n) is 5.17. The van der Waals surface area contributed by atoms with Gasteiger partial charge in [-0.1, -0.05) is 0 Å². The van der Waals surface area contributed by atoms with Crippen molar-refractivity contribution in [3.63, 3.8) is 0 Å². The number of ether oxygens (including phenoxy) is 1. The van der Waals surface area contributed by atoms with Crippen LogP contribution in [-0.2, 0) is 0 Å². The molecule has 0 amide bonds. The number of nitrogens with zero attached hydrogens (tertiary/aromatic N) is 2. The van der Waals surface area contributed by atoms with Crippen LogP contribution in [0.2, 0.25) is 0 Å². The van der Waals surface area contributed by atoms with Crippen LogP contribution in [0.3, 0.4) is 0 Å². The first-order chi connectivity index (χ1) is 11.8. The number of nitro groups is 2. The van der Waals surface area contributed by atoms with E-state index in [1.54, 1.807) is 19.1 Å². The maximum absolute atomic E-state index is 11.5. The normalized spacial score (nSPS) is 10.6. The smallest absolute Gasteiger partial charge is 0.336 e. The number of fused-ring (bicyclic) bond motifs is 1. The lowest BCUT2D eigenvalue weighted by Crippen LogP contribution is -1.98. The molecule has 0 bridgehead atoms. The van der Waals surface area contributed by atoms with Gasteiger partial charge in [-0.2, -0.15) is 0 Å². The Morgan fingerprint density at radius 1 is 1.00 bits per heavy atom. The van der Waals surface area contributed by atoms with Gasteiger partial charge in [0.1, 0.15) is 11.3 Å². The average molecular weight is 342 g/mol. The number of hydrogen-bond acceptors (Lipinski definition) is 7. The Kier molecular flexibility index (Phi) is 3.89. The summed E-state index contributed by atoms with van der Waals surface area (Å²) in [4.78, 5) is 31.8. The van der Waals surface area contributed by atoms with E-state index in [1.807, 2.05) is 0 Å². The quantitative estimate of drug-likeness (QED) is 0.402. The number of benzene rings is 2. The highest BCUT2D eigenvalue weighted by Crippen LogP contribution is 2.35. The molecule has 0 saturated carbocycles. The van der Waals surface area contributed by atoms with Crippen LogP contribution in [0.25, 0.3) is 11.0 Å². The molecule has 0 unspecified atom stereocenters. The zero-order valence-corrected chi connectivity index (χ0v) is 12.8. The minimum atomic E-state index is -0.770. The third kappa shape index (κ3) is 3.15. The van der Waals surface area contributed by atoms with Gasteiger partial charge in [-0.3, -0.25) is 20.2 Å². The third-order valence-corrected chi connectivity index (χ3v) is 3.50. The summed E-state index contributed by atoms with van der Waals surface area (Å²) in [6, 6.07) is 9.06. The van der Waals surface area contributed by atoms with E-state index in [0.717, 1.165) is 23.8 Å². The number of aryl methyl sites for hydroxylation is 1. The van der Waals surface area contributed by atoms with Crippen LogP contribution in [-0.4, -0.2) is 9.85 Å². The lowest BCUT2D eigenvalue weighted by Gasteiger charge is -2.07. The van der Waals surface area contributed by atoms with Gasteiger partial charge in [0.25, 0.3) is 5.69 Å². The van der Waals surface area contributed by atoms with Crippen molar-refractivity contribution < 1.29 is 19.0 Å². The monoisotopic (exact) mass is 342 g/mol. The molecule has 1 aromatic heterocycles. The van der Waals surface area contributed by atoms with Crippen molar-refractivity contribution >= 4 is 22.3 Å². The predicted molar refractivity (Wildman–Crippen MR) is 87.0 cm³/mol. The Morgan fingerprint density at radius 2 is 1.76 bits per heavy atom. The molecule has 2 aromatic carbocycles. The first kappa shape index (κ1) is 16.1. The Balaban J connectivity index is 2.05. The predicted octanol–water partition coefficient (Wildman–Crippen LogP) is 3.71. The van der Waals surface area contributed by atoms with Crippen LogP contribution in [0, 0.1) is 27.2 Å². The zero-order valence-electron chi connectivity index (χ0n) is 12.8. The van der Waals surface area contributed by atoms with Gasteiger partial charge in [-0.15, -0.1) is 0 Å². The fourth-order valence-electron chi connectivity index (χ4n) is 2.34. The van der Waals surface area contributed by atoms with E-state index in [1.165, 1.54) is 12.1 Å². The average Bonchev–Trinajstić information content (AvgIpc) is 2.54. The maximum Gasteiger partial charge on any atom is 0.336 e. The van der Waals surface area contributed by atoms with Crippen LogP contribution in [0.15, 0.2) is 51.7 Å². The second kappa shape index (κ2) is 6.04. The van der Waals surface area contributed by atoms with Gasteiger partial charge in [-0.25, -0.2) is 4.79 Å². The summed E-state index contributed by atoms with van der Waals surface area (Å²) < 4.78 is 10.6. The van der Waals surface area contributed by atoms with Gasteiger partial charge < -0.3 is 9.15 Å². The Bertz CT molecular complexity index is 1070. The van der Waals surface area contributed by atoms with Gasteiger partial charge in [0.15, 0.2) is 0 Å². The zero-order chi connectivity index (χ0) is 18.1. The molecule has 9 heteroatoms. The number of nitro benzene ring substituents is 2. The van der Waals surface area contributed by atoms with E-state index >= 15 is 0 Å². The number of rotatable bonds is 4. The second-order valence-corrected chi connectivity index (χ2v) is 5.17. The highest BCUT2D eigenvalue weighted by molar-refractivity contribution is 5.81. The van der Waals surface area contributed by atoms with E-state index in [4.69, 9.17) is 9.15 Å². The van der Waals surface area contributed by atoms with Crippen molar-refractivity contribution in [2.75, 3.05) is 0 Å². The molecular formula is C16H10N2O7. The van der Waals surface area contributed by atoms with E-state index in [-0.39, 0.29) is 17.1 Å². The standard InChI is InChI=1S/C16H10N2O7/c1-9-6-16(19)25-15-8-11(3-4-12(9)15)24-14-5-2-10(17(20)21)7-13(14)18(22)23/h2-8H,1H3. The molecule has 0 fully saturated rings. The first-order valence-electron chi connectivity index (χ1n) is 7.00. The van der Waals surface area contributed by atoms with Gasteiger partial charge in [0, 0.05) is 23.6 Å². The summed E-state index contributed by atoms with van der Waals surface area (Å²) >= 11 is 0. The van der Waals surface area contributed by atoms with Crippen molar-refractivity contribution in [1.29, 1.82) is 0 Å². The Labute approximate surface area is 139 Å². The molecular weight excluding hydrogens is 332 g/mol. The molecule has 0 spiro atoms. The largest absolute Gasteiger partial charge is 0.450 e. The number of non-ortho nitro benzene ring substituents is 1. The van der Waals surface area contributed by atoms with Gasteiger partial charge >= 0.3 is 11.3 Å².